The van der Waals surface area contributed by atoms with Gasteiger partial charge in [0, 0.05) is 12.0 Å². The van der Waals surface area contributed by atoms with Gasteiger partial charge >= 0.3 is 6.09 Å². The number of allylic oxidation sites excluding steroid dienone is 1. The van der Waals surface area contributed by atoms with Gasteiger partial charge in [0.05, 0.1) is 7.11 Å². The predicted molar refractivity (Wildman–Crippen MR) is 61.1 cm³/mol. The van der Waals surface area contributed by atoms with Gasteiger partial charge in [0.25, 0.3) is 0 Å². The molecule has 0 radical (unpaired) electrons. The van der Waals surface area contributed by atoms with E-state index in [4.69, 9.17) is 0 Å². The van der Waals surface area contributed by atoms with Crippen molar-refractivity contribution in [1.82, 2.24) is 5.32 Å². The van der Waals surface area contributed by atoms with Gasteiger partial charge < -0.3 is 10.1 Å². The number of ether oxygens (including phenoxy) is 1. The van der Waals surface area contributed by atoms with Crippen molar-refractivity contribution in [2.45, 2.75) is 38.6 Å². The van der Waals surface area contributed by atoms with E-state index in [0.717, 1.165) is 25.7 Å². The fourth-order valence-corrected chi connectivity index (χ4v) is 2.14. The first-order valence-electron chi connectivity index (χ1n) is 5.60. The minimum Gasteiger partial charge on any atom is -0.453 e. The van der Waals surface area contributed by atoms with Crippen LogP contribution in [-0.4, -0.2) is 25.0 Å². The lowest BCUT2D eigenvalue weighted by atomic mass is 9.80. The standard InChI is InChI=1S/C12H19NO3/c1-8(2)11(14)9-6-4-5-7-10(9)13-12(15)16-3/h9-10H,1,4-7H2,2-3H3,(H,13,15). The summed E-state index contributed by atoms with van der Waals surface area (Å²) in [6.45, 7) is 5.38. The SMILES string of the molecule is C=C(C)C(=O)C1CCCCC1NC(=O)OC. The molecule has 2 unspecified atom stereocenters. The van der Waals surface area contributed by atoms with Gasteiger partial charge in [0.2, 0.25) is 0 Å². The molecule has 1 aliphatic rings. The molecule has 1 saturated carbocycles. The number of alkyl carbamates (subject to hydrolysis) is 1. The van der Waals surface area contributed by atoms with Crippen LogP contribution < -0.4 is 5.32 Å². The third-order valence-corrected chi connectivity index (χ3v) is 3.01. The van der Waals surface area contributed by atoms with Crippen LogP contribution in [0.3, 0.4) is 0 Å². The van der Waals surface area contributed by atoms with Gasteiger partial charge in [-0.15, -0.1) is 0 Å². The molecule has 0 spiro atoms. The molecule has 0 aromatic heterocycles. The van der Waals surface area contributed by atoms with Gasteiger partial charge in [0.1, 0.15) is 0 Å². The molecule has 0 aliphatic heterocycles. The number of methoxy groups -OCH3 is 1. The smallest absolute Gasteiger partial charge is 0.407 e. The number of rotatable bonds is 3. The largest absolute Gasteiger partial charge is 0.453 e. The Morgan fingerprint density at radius 3 is 2.50 bits per heavy atom. The van der Waals surface area contributed by atoms with Crippen LogP contribution in [0.25, 0.3) is 0 Å². The van der Waals surface area contributed by atoms with E-state index in [2.05, 4.69) is 16.6 Å². The van der Waals surface area contributed by atoms with Crippen LogP contribution in [0.2, 0.25) is 0 Å². The Morgan fingerprint density at radius 2 is 1.94 bits per heavy atom. The van der Waals surface area contributed by atoms with Gasteiger partial charge in [-0.1, -0.05) is 19.4 Å². The van der Waals surface area contributed by atoms with Crippen LogP contribution in [0.15, 0.2) is 12.2 Å². The van der Waals surface area contributed by atoms with E-state index < -0.39 is 6.09 Å². The summed E-state index contributed by atoms with van der Waals surface area (Å²) in [5.41, 5.74) is 0.559. The predicted octanol–water partition coefficient (Wildman–Crippen LogP) is 2.05. The highest BCUT2D eigenvalue weighted by Gasteiger charge is 2.32. The number of amides is 1. The molecule has 1 N–H and O–H groups in total. The summed E-state index contributed by atoms with van der Waals surface area (Å²) in [6.07, 6.45) is 3.25. The lowest BCUT2D eigenvalue weighted by Crippen LogP contribution is -2.45. The normalized spacial score (nSPS) is 24.6. The summed E-state index contributed by atoms with van der Waals surface area (Å²) in [4.78, 5) is 23.0. The summed E-state index contributed by atoms with van der Waals surface area (Å²) in [6, 6.07) is -0.106. The van der Waals surface area contributed by atoms with Crippen LogP contribution in [0.5, 0.6) is 0 Å². The second kappa shape index (κ2) is 5.68. The number of carbonyl (C=O) groups excluding carboxylic acids is 2. The Labute approximate surface area is 96.0 Å². The lowest BCUT2D eigenvalue weighted by Gasteiger charge is -2.30. The Bertz CT molecular complexity index is 299. The van der Waals surface area contributed by atoms with Gasteiger partial charge in [0.15, 0.2) is 5.78 Å². The van der Waals surface area contributed by atoms with E-state index in [1.54, 1.807) is 6.92 Å². The van der Waals surface area contributed by atoms with Crippen molar-refractivity contribution in [2.24, 2.45) is 5.92 Å². The number of Topliss-reactive ketones (excluding diaryl/α,β-unsaturated/α-hetero) is 1. The van der Waals surface area contributed by atoms with Crippen molar-refractivity contribution in [3.05, 3.63) is 12.2 Å². The van der Waals surface area contributed by atoms with Crippen LogP contribution in [-0.2, 0) is 9.53 Å². The number of hydrogen-bond acceptors (Lipinski definition) is 3. The third kappa shape index (κ3) is 3.08. The number of hydrogen-bond donors (Lipinski definition) is 1. The van der Waals surface area contributed by atoms with Crippen LogP contribution in [0.1, 0.15) is 32.6 Å². The molecule has 1 amide bonds. The van der Waals surface area contributed by atoms with Crippen LogP contribution >= 0.6 is 0 Å². The number of ketones is 1. The Kier molecular flexibility index (Phi) is 4.52. The van der Waals surface area contributed by atoms with Crippen LogP contribution in [0, 0.1) is 5.92 Å². The summed E-state index contributed by atoms with van der Waals surface area (Å²) in [5.74, 6) is -0.0774. The van der Waals surface area contributed by atoms with Gasteiger partial charge in [-0.05, 0) is 25.3 Å². The van der Waals surface area contributed by atoms with Crippen LogP contribution in [0.4, 0.5) is 4.79 Å². The van der Waals surface area contributed by atoms with E-state index in [-0.39, 0.29) is 17.7 Å². The van der Waals surface area contributed by atoms with Crippen molar-refractivity contribution >= 4 is 11.9 Å². The fraction of sp³-hybridized carbons (Fsp3) is 0.667. The average molecular weight is 225 g/mol. The van der Waals surface area contributed by atoms with E-state index in [9.17, 15) is 9.59 Å². The molecule has 0 aromatic rings. The minimum absolute atomic E-state index is 0.0566. The quantitative estimate of drug-likeness (QED) is 0.748. The van der Waals surface area contributed by atoms with Crippen molar-refractivity contribution in [3.63, 3.8) is 0 Å². The van der Waals surface area contributed by atoms with Crippen molar-refractivity contribution in [1.29, 1.82) is 0 Å². The number of carbonyl (C=O) groups is 2. The van der Waals surface area contributed by atoms with Gasteiger partial charge in [-0.2, -0.15) is 0 Å². The molecule has 16 heavy (non-hydrogen) atoms. The first kappa shape index (κ1) is 12.7. The molecule has 0 aromatic carbocycles. The Hall–Kier alpha value is -1.32. The Balaban J connectivity index is 2.67. The topological polar surface area (TPSA) is 55.4 Å². The van der Waals surface area contributed by atoms with E-state index in [1.165, 1.54) is 7.11 Å². The zero-order valence-corrected chi connectivity index (χ0v) is 9.91. The summed E-state index contributed by atoms with van der Waals surface area (Å²) < 4.78 is 4.56. The molecule has 0 heterocycles. The van der Waals surface area contributed by atoms with Gasteiger partial charge in [-0.25, -0.2) is 4.79 Å². The maximum absolute atomic E-state index is 11.9. The molecule has 4 heteroatoms. The summed E-state index contributed by atoms with van der Waals surface area (Å²) in [7, 11) is 1.33. The van der Waals surface area contributed by atoms with Crippen molar-refractivity contribution in [2.75, 3.05) is 7.11 Å². The van der Waals surface area contributed by atoms with Crippen molar-refractivity contribution in [3.8, 4) is 0 Å². The molecule has 0 saturated heterocycles. The monoisotopic (exact) mass is 225 g/mol. The van der Waals surface area contributed by atoms with E-state index in [1.807, 2.05) is 0 Å². The molecule has 1 rings (SSSR count). The molecular formula is C12H19NO3. The highest BCUT2D eigenvalue weighted by Crippen LogP contribution is 2.27. The minimum atomic E-state index is -0.466. The molecule has 4 nitrogen and oxygen atoms in total. The average Bonchev–Trinajstić information content (AvgIpc) is 2.28. The molecule has 90 valence electrons. The fourth-order valence-electron chi connectivity index (χ4n) is 2.14. The zero-order chi connectivity index (χ0) is 12.1. The molecule has 1 fully saturated rings. The van der Waals surface area contributed by atoms with Crippen molar-refractivity contribution < 1.29 is 14.3 Å². The maximum atomic E-state index is 11.9. The highest BCUT2D eigenvalue weighted by molar-refractivity contribution is 5.96. The summed E-state index contributed by atoms with van der Waals surface area (Å²) in [5, 5.41) is 2.73. The molecule has 2 atom stereocenters. The van der Waals surface area contributed by atoms with E-state index in [0.29, 0.717) is 5.57 Å². The van der Waals surface area contributed by atoms with Gasteiger partial charge in [-0.3, -0.25) is 4.79 Å². The molecular weight excluding hydrogens is 206 g/mol. The maximum Gasteiger partial charge on any atom is 0.407 e. The molecule has 1 aliphatic carbocycles. The van der Waals surface area contributed by atoms with E-state index >= 15 is 0 Å². The Morgan fingerprint density at radius 1 is 1.31 bits per heavy atom. The molecule has 0 bridgehead atoms. The lowest BCUT2D eigenvalue weighted by molar-refractivity contribution is -0.120. The highest BCUT2D eigenvalue weighted by atomic mass is 16.5. The number of nitrogens with one attached hydrogen (secondary N) is 1. The first-order chi connectivity index (χ1) is 7.56. The summed E-state index contributed by atoms with van der Waals surface area (Å²) >= 11 is 0. The third-order valence-electron chi connectivity index (χ3n) is 3.01. The first-order valence-corrected chi connectivity index (χ1v) is 5.60. The second-order valence-electron chi connectivity index (χ2n) is 4.28. The zero-order valence-electron chi connectivity index (χ0n) is 9.91. The second-order valence-corrected chi connectivity index (χ2v) is 4.28.